The summed E-state index contributed by atoms with van der Waals surface area (Å²) in [6, 6.07) is 3.31. The topological polar surface area (TPSA) is 33.4 Å². The third kappa shape index (κ3) is 1.45. The smallest absolute Gasteiger partial charge is 0.177 e. The van der Waals surface area contributed by atoms with E-state index in [1.807, 2.05) is 12.3 Å². The van der Waals surface area contributed by atoms with E-state index in [-0.39, 0.29) is 0 Å². The van der Waals surface area contributed by atoms with Gasteiger partial charge < -0.3 is 4.90 Å². The summed E-state index contributed by atoms with van der Waals surface area (Å²) in [6.07, 6.45) is 10.2. The Morgan fingerprint density at radius 2 is 1.94 bits per heavy atom. The number of rotatable bonds is 1. The summed E-state index contributed by atoms with van der Waals surface area (Å²) in [5.74, 6) is 0. The van der Waals surface area contributed by atoms with Crippen LogP contribution in [0.2, 0.25) is 5.15 Å². The van der Waals surface area contributed by atoms with Gasteiger partial charge in [0.05, 0.1) is 5.69 Å². The molecule has 2 aliphatic heterocycles. The fraction of sp³-hybridized carbons (Fsp3) is 0.538. The Bertz CT molecular complexity index is 578. The second-order valence-corrected chi connectivity index (χ2v) is 5.66. The molecule has 0 saturated carbocycles. The lowest BCUT2D eigenvalue weighted by atomic mass is 10.0. The summed E-state index contributed by atoms with van der Waals surface area (Å²) in [5, 5.41) is 4.80. The largest absolute Gasteiger partial charge is 0.362 e. The average Bonchev–Trinajstić information content (AvgIpc) is 2.91. The van der Waals surface area contributed by atoms with Crippen molar-refractivity contribution in [3.05, 3.63) is 23.6 Å². The Labute approximate surface area is 111 Å². The third-order valence-corrected chi connectivity index (χ3v) is 4.47. The first kappa shape index (κ1) is 10.6. The van der Waals surface area contributed by atoms with E-state index in [4.69, 9.17) is 11.6 Å². The number of hydrogen-bond acceptors (Lipinski definition) is 3. The predicted octanol–water partition coefficient (Wildman–Crippen LogP) is 2.90. The highest BCUT2D eigenvalue weighted by Crippen LogP contribution is 2.40. The normalized spacial score (nSPS) is 27.1. The maximum absolute atomic E-state index is 6.13. The van der Waals surface area contributed by atoms with Crippen LogP contribution < -0.4 is 4.90 Å². The van der Waals surface area contributed by atoms with Gasteiger partial charge >= 0.3 is 0 Å². The van der Waals surface area contributed by atoms with Gasteiger partial charge in [-0.2, -0.15) is 5.10 Å². The Morgan fingerprint density at radius 3 is 2.72 bits per heavy atom. The van der Waals surface area contributed by atoms with Gasteiger partial charge in [-0.25, -0.2) is 9.50 Å². The molecule has 0 radical (unpaired) electrons. The molecule has 2 aromatic heterocycles. The van der Waals surface area contributed by atoms with Gasteiger partial charge in [0, 0.05) is 30.5 Å². The van der Waals surface area contributed by atoms with Gasteiger partial charge in [0.25, 0.3) is 0 Å². The molecule has 2 fully saturated rings. The minimum absolute atomic E-state index is 0.542. The van der Waals surface area contributed by atoms with Crippen molar-refractivity contribution >= 4 is 22.9 Å². The fourth-order valence-corrected chi connectivity index (χ4v) is 3.76. The van der Waals surface area contributed by atoms with E-state index in [2.05, 4.69) is 15.0 Å². The maximum Gasteiger partial charge on any atom is 0.177 e. The highest BCUT2D eigenvalue weighted by Gasteiger charge is 2.37. The molecule has 18 heavy (non-hydrogen) atoms. The molecule has 5 heteroatoms. The molecule has 2 bridgehead atoms. The standard InChI is InChI=1S/C13H15ClN4/c14-12-8-11(13-15-6-7-17(13)16-12)18-9-2-1-3-10(18)5-4-9/h6-10H,1-5H2. The first-order valence-electron chi connectivity index (χ1n) is 6.61. The lowest BCUT2D eigenvalue weighted by molar-refractivity contribution is 0.468. The summed E-state index contributed by atoms with van der Waals surface area (Å²) >= 11 is 6.13. The van der Waals surface area contributed by atoms with Crippen molar-refractivity contribution in [1.29, 1.82) is 0 Å². The van der Waals surface area contributed by atoms with Crippen LogP contribution in [0.3, 0.4) is 0 Å². The summed E-state index contributed by atoms with van der Waals surface area (Å²) in [6.45, 7) is 0. The molecule has 4 heterocycles. The quantitative estimate of drug-likeness (QED) is 0.792. The summed E-state index contributed by atoms with van der Waals surface area (Å²) in [5.41, 5.74) is 2.09. The Morgan fingerprint density at radius 1 is 1.17 bits per heavy atom. The summed E-state index contributed by atoms with van der Waals surface area (Å²) in [4.78, 5) is 6.97. The molecule has 0 spiro atoms. The van der Waals surface area contributed by atoms with Crippen LogP contribution in [0.1, 0.15) is 32.1 Å². The van der Waals surface area contributed by atoms with Crippen LogP contribution in [-0.2, 0) is 0 Å². The van der Waals surface area contributed by atoms with Crippen LogP contribution in [0.4, 0.5) is 5.69 Å². The zero-order valence-corrected chi connectivity index (χ0v) is 10.8. The SMILES string of the molecule is Clc1cc(N2C3CCCC2CC3)c2nccn2n1. The van der Waals surface area contributed by atoms with Crippen molar-refractivity contribution in [3.63, 3.8) is 0 Å². The molecule has 0 amide bonds. The highest BCUT2D eigenvalue weighted by atomic mass is 35.5. The molecule has 94 valence electrons. The van der Waals surface area contributed by atoms with Gasteiger partial charge in [0.1, 0.15) is 0 Å². The zero-order chi connectivity index (χ0) is 12.1. The lowest BCUT2D eigenvalue weighted by Crippen LogP contribution is -2.40. The summed E-state index contributed by atoms with van der Waals surface area (Å²) < 4.78 is 1.78. The van der Waals surface area contributed by atoms with Crippen molar-refractivity contribution in [2.24, 2.45) is 0 Å². The molecule has 2 aliphatic rings. The molecular weight excluding hydrogens is 248 g/mol. The lowest BCUT2D eigenvalue weighted by Gasteiger charge is -2.36. The van der Waals surface area contributed by atoms with Crippen molar-refractivity contribution in [2.45, 2.75) is 44.2 Å². The monoisotopic (exact) mass is 262 g/mol. The van der Waals surface area contributed by atoms with E-state index < -0.39 is 0 Å². The van der Waals surface area contributed by atoms with Crippen LogP contribution in [-0.4, -0.2) is 26.7 Å². The van der Waals surface area contributed by atoms with Crippen LogP contribution in [0.15, 0.2) is 18.5 Å². The molecule has 4 nitrogen and oxygen atoms in total. The average molecular weight is 263 g/mol. The number of piperidine rings is 1. The van der Waals surface area contributed by atoms with Gasteiger partial charge in [-0.3, -0.25) is 0 Å². The van der Waals surface area contributed by atoms with Crippen molar-refractivity contribution in [1.82, 2.24) is 14.6 Å². The minimum Gasteiger partial charge on any atom is -0.362 e. The van der Waals surface area contributed by atoms with Crippen molar-refractivity contribution < 1.29 is 0 Å². The molecule has 4 rings (SSSR count). The highest BCUT2D eigenvalue weighted by molar-refractivity contribution is 6.29. The molecule has 0 aliphatic carbocycles. The number of hydrogen-bond donors (Lipinski definition) is 0. The second-order valence-electron chi connectivity index (χ2n) is 5.27. The van der Waals surface area contributed by atoms with Gasteiger partial charge in [-0.05, 0) is 32.1 Å². The van der Waals surface area contributed by atoms with E-state index in [0.29, 0.717) is 17.2 Å². The van der Waals surface area contributed by atoms with Crippen LogP contribution in [0.5, 0.6) is 0 Å². The Kier molecular flexibility index (Phi) is 2.27. The van der Waals surface area contributed by atoms with Crippen LogP contribution in [0.25, 0.3) is 5.65 Å². The first-order valence-corrected chi connectivity index (χ1v) is 6.99. The van der Waals surface area contributed by atoms with E-state index in [1.54, 1.807) is 10.7 Å². The van der Waals surface area contributed by atoms with Gasteiger partial charge in [0.2, 0.25) is 0 Å². The maximum atomic E-state index is 6.13. The minimum atomic E-state index is 0.542. The molecule has 2 aromatic rings. The fourth-order valence-electron chi connectivity index (χ4n) is 3.57. The first-order chi connectivity index (χ1) is 8.83. The number of aromatic nitrogens is 3. The Hall–Kier alpha value is -1.29. The number of halogens is 1. The molecule has 0 N–H and O–H groups in total. The van der Waals surface area contributed by atoms with Crippen LogP contribution in [0, 0.1) is 0 Å². The van der Waals surface area contributed by atoms with Gasteiger partial charge in [-0.15, -0.1) is 0 Å². The molecule has 0 aromatic carbocycles. The molecular formula is C13H15ClN4. The number of fused-ring (bicyclic) bond motifs is 3. The van der Waals surface area contributed by atoms with Gasteiger partial charge in [0.15, 0.2) is 10.8 Å². The number of nitrogens with zero attached hydrogens (tertiary/aromatic N) is 4. The van der Waals surface area contributed by atoms with E-state index in [0.717, 1.165) is 11.3 Å². The molecule has 2 unspecified atom stereocenters. The Balaban J connectivity index is 1.89. The molecule has 2 atom stereocenters. The summed E-state index contributed by atoms with van der Waals surface area (Å²) in [7, 11) is 0. The van der Waals surface area contributed by atoms with Crippen LogP contribution >= 0.6 is 11.6 Å². The van der Waals surface area contributed by atoms with E-state index in [1.165, 1.54) is 32.1 Å². The number of anilines is 1. The van der Waals surface area contributed by atoms with E-state index >= 15 is 0 Å². The molecule has 2 saturated heterocycles. The predicted molar refractivity (Wildman–Crippen MR) is 71.1 cm³/mol. The number of imidazole rings is 1. The second kappa shape index (κ2) is 3.85. The van der Waals surface area contributed by atoms with Crippen molar-refractivity contribution in [2.75, 3.05) is 4.90 Å². The van der Waals surface area contributed by atoms with Crippen molar-refractivity contribution in [3.8, 4) is 0 Å². The zero-order valence-electron chi connectivity index (χ0n) is 10.1. The van der Waals surface area contributed by atoms with E-state index in [9.17, 15) is 0 Å². The third-order valence-electron chi connectivity index (χ3n) is 4.28. The van der Waals surface area contributed by atoms with Gasteiger partial charge in [-0.1, -0.05) is 11.6 Å².